The molecule has 1 unspecified atom stereocenters. The molecule has 0 saturated carbocycles. The second-order valence-corrected chi connectivity index (χ2v) is 5.20. The van der Waals surface area contributed by atoms with E-state index in [2.05, 4.69) is 10.1 Å². The lowest BCUT2D eigenvalue weighted by atomic mass is 9.83. The molecule has 1 aliphatic heterocycles. The zero-order chi connectivity index (χ0) is 15.9. The molecule has 0 aromatic carbocycles. The van der Waals surface area contributed by atoms with Gasteiger partial charge in [-0.05, 0) is 12.8 Å². The van der Waals surface area contributed by atoms with E-state index < -0.39 is 24.4 Å². The van der Waals surface area contributed by atoms with Gasteiger partial charge < -0.3 is 20.1 Å². The van der Waals surface area contributed by atoms with Gasteiger partial charge in [0.05, 0.1) is 12.0 Å². The van der Waals surface area contributed by atoms with Crippen LogP contribution in [0.15, 0.2) is 0 Å². The van der Waals surface area contributed by atoms with Gasteiger partial charge >= 0.3 is 12.0 Å². The maximum Gasteiger partial charge on any atom is 0.317 e. The number of alkyl halides is 2. The number of carbonyl (C=O) groups is 2. The molecule has 0 radical (unpaired) electrons. The molecule has 0 bridgehead atoms. The van der Waals surface area contributed by atoms with Gasteiger partial charge in [0.1, 0.15) is 6.61 Å². The van der Waals surface area contributed by atoms with Crippen molar-refractivity contribution in [2.45, 2.75) is 32.6 Å². The van der Waals surface area contributed by atoms with Crippen LogP contribution >= 0.6 is 0 Å². The number of carbonyl (C=O) groups excluding carboxylic acids is 1. The van der Waals surface area contributed by atoms with Crippen molar-refractivity contribution in [3.63, 3.8) is 0 Å². The van der Waals surface area contributed by atoms with Crippen molar-refractivity contribution >= 4 is 12.0 Å². The molecule has 1 rings (SSSR count). The molecule has 1 aliphatic rings. The zero-order valence-corrected chi connectivity index (χ0v) is 12.1. The van der Waals surface area contributed by atoms with E-state index in [1.807, 2.05) is 6.92 Å². The van der Waals surface area contributed by atoms with Crippen LogP contribution in [0.2, 0.25) is 0 Å². The number of carboxylic acids is 1. The average molecular weight is 308 g/mol. The minimum absolute atomic E-state index is 0.00293. The Labute approximate surface area is 122 Å². The molecular formula is C13H22F2N2O4. The monoisotopic (exact) mass is 308 g/mol. The lowest BCUT2D eigenvalue weighted by molar-refractivity contribution is -0.148. The Morgan fingerprint density at radius 2 is 2.19 bits per heavy atom. The summed E-state index contributed by atoms with van der Waals surface area (Å²) in [5.74, 6) is -0.875. The molecule has 1 heterocycles. The highest BCUT2D eigenvalue weighted by Crippen LogP contribution is 2.35. The van der Waals surface area contributed by atoms with Gasteiger partial charge in [-0.1, -0.05) is 13.3 Å². The lowest BCUT2D eigenvalue weighted by Gasteiger charge is -2.24. The van der Waals surface area contributed by atoms with Gasteiger partial charge in [-0.2, -0.15) is 0 Å². The fraction of sp³-hybridized carbons (Fsp3) is 0.846. The van der Waals surface area contributed by atoms with Gasteiger partial charge in [0, 0.05) is 19.6 Å². The Bertz CT molecular complexity index is 368. The third-order valence-corrected chi connectivity index (χ3v) is 3.59. The van der Waals surface area contributed by atoms with Gasteiger partial charge in [0.15, 0.2) is 0 Å². The van der Waals surface area contributed by atoms with Crippen molar-refractivity contribution < 1.29 is 28.2 Å². The number of ether oxygens (including phenoxy) is 1. The molecule has 0 aromatic rings. The van der Waals surface area contributed by atoms with Crippen molar-refractivity contribution in [3.8, 4) is 0 Å². The molecular weight excluding hydrogens is 286 g/mol. The first-order chi connectivity index (χ1) is 9.91. The number of likely N-dealkylation sites (tertiary alicyclic amines) is 1. The molecule has 0 aromatic heterocycles. The zero-order valence-electron chi connectivity index (χ0n) is 12.1. The fourth-order valence-electron chi connectivity index (χ4n) is 2.52. The topological polar surface area (TPSA) is 78.9 Å². The van der Waals surface area contributed by atoms with Crippen LogP contribution in [-0.2, 0) is 9.53 Å². The van der Waals surface area contributed by atoms with Crippen LogP contribution in [0.3, 0.4) is 0 Å². The molecule has 2 amide bonds. The van der Waals surface area contributed by atoms with Crippen molar-refractivity contribution in [1.82, 2.24) is 10.2 Å². The number of halogens is 2. The first-order valence-electron chi connectivity index (χ1n) is 7.03. The maximum atomic E-state index is 11.9. The van der Waals surface area contributed by atoms with Crippen molar-refractivity contribution in [3.05, 3.63) is 0 Å². The minimum atomic E-state index is -2.52. The van der Waals surface area contributed by atoms with E-state index in [0.717, 1.165) is 6.42 Å². The highest BCUT2D eigenvalue weighted by atomic mass is 19.3. The largest absolute Gasteiger partial charge is 0.481 e. The van der Waals surface area contributed by atoms with Crippen LogP contribution in [0.1, 0.15) is 26.2 Å². The van der Waals surface area contributed by atoms with Gasteiger partial charge in [0.25, 0.3) is 6.43 Å². The van der Waals surface area contributed by atoms with Gasteiger partial charge in [-0.25, -0.2) is 13.6 Å². The van der Waals surface area contributed by atoms with E-state index in [-0.39, 0.29) is 25.7 Å². The smallest absolute Gasteiger partial charge is 0.317 e. The van der Waals surface area contributed by atoms with E-state index >= 15 is 0 Å². The number of hydrogen-bond donors (Lipinski definition) is 2. The average Bonchev–Trinajstić information content (AvgIpc) is 2.84. The second kappa shape index (κ2) is 8.11. The summed E-state index contributed by atoms with van der Waals surface area (Å²) in [5, 5.41) is 11.9. The van der Waals surface area contributed by atoms with E-state index in [4.69, 9.17) is 0 Å². The maximum absolute atomic E-state index is 11.9. The summed E-state index contributed by atoms with van der Waals surface area (Å²) in [7, 11) is 0. The predicted octanol–water partition coefficient (Wildman–Crippen LogP) is 1.55. The molecule has 6 nitrogen and oxygen atoms in total. The fourth-order valence-corrected chi connectivity index (χ4v) is 2.52. The van der Waals surface area contributed by atoms with Gasteiger partial charge in [0.2, 0.25) is 0 Å². The minimum Gasteiger partial charge on any atom is -0.481 e. The number of hydrogen-bond acceptors (Lipinski definition) is 3. The SMILES string of the molecule is CCCC1(C(=O)O)CCN(C(=O)NCCOCC(F)F)C1. The van der Waals surface area contributed by atoms with Crippen LogP contribution in [0.5, 0.6) is 0 Å². The summed E-state index contributed by atoms with van der Waals surface area (Å²) in [6, 6.07) is -0.380. The summed E-state index contributed by atoms with van der Waals surface area (Å²) in [4.78, 5) is 24.7. The third kappa shape index (κ3) is 5.11. The summed E-state index contributed by atoms with van der Waals surface area (Å²) in [5.41, 5.74) is -0.863. The molecule has 0 aliphatic carbocycles. The van der Waals surface area contributed by atoms with Gasteiger partial charge in [-0.3, -0.25) is 4.79 Å². The Balaban J connectivity index is 2.34. The third-order valence-electron chi connectivity index (χ3n) is 3.59. The van der Waals surface area contributed by atoms with Crippen molar-refractivity contribution in [2.75, 3.05) is 32.8 Å². The first-order valence-corrected chi connectivity index (χ1v) is 7.03. The molecule has 0 spiro atoms. The highest BCUT2D eigenvalue weighted by Gasteiger charge is 2.45. The van der Waals surface area contributed by atoms with Crippen LogP contribution in [0.4, 0.5) is 13.6 Å². The van der Waals surface area contributed by atoms with E-state index in [0.29, 0.717) is 19.4 Å². The number of urea groups is 1. The number of rotatable bonds is 8. The van der Waals surface area contributed by atoms with Crippen LogP contribution in [0.25, 0.3) is 0 Å². The van der Waals surface area contributed by atoms with Gasteiger partial charge in [-0.15, -0.1) is 0 Å². The second-order valence-electron chi connectivity index (χ2n) is 5.20. The lowest BCUT2D eigenvalue weighted by Crippen LogP contribution is -2.42. The standard InChI is InChI=1S/C13H22F2N2O4/c1-2-3-13(11(18)19)4-6-17(9-13)12(20)16-5-7-21-8-10(14)15/h10H,2-9H2,1H3,(H,16,20)(H,18,19). The molecule has 122 valence electrons. The molecule has 2 N–H and O–H groups in total. The van der Waals surface area contributed by atoms with Crippen LogP contribution in [0, 0.1) is 5.41 Å². The highest BCUT2D eigenvalue weighted by molar-refractivity contribution is 5.79. The Morgan fingerprint density at radius 1 is 1.48 bits per heavy atom. The number of nitrogens with zero attached hydrogens (tertiary/aromatic N) is 1. The quantitative estimate of drug-likeness (QED) is 0.667. The Morgan fingerprint density at radius 3 is 2.76 bits per heavy atom. The summed E-state index contributed by atoms with van der Waals surface area (Å²) >= 11 is 0. The first kappa shape index (κ1) is 17.6. The van der Waals surface area contributed by atoms with E-state index in [1.54, 1.807) is 0 Å². The van der Waals surface area contributed by atoms with E-state index in [1.165, 1.54) is 4.90 Å². The number of aliphatic carboxylic acids is 1. The molecule has 1 atom stereocenters. The summed E-state index contributed by atoms with van der Waals surface area (Å²) in [6.07, 6.45) is -0.817. The Kier molecular flexibility index (Phi) is 6.80. The Hall–Kier alpha value is -1.44. The predicted molar refractivity (Wildman–Crippen MR) is 71.4 cm³/mol. The van der Waals surface area contributed by atoms with Crippen molar-refractivity contribution in [2.24, 2.45) is 5.41 Å². The van der Waals surface area contributed by atoms with Crippen molar-refractivity contribution in [1.29, 1.82) is 0 Å². The molecule has 1 saturated heterocycles. The number of nitrogens with one attached hydrogen (secondary N) is 1. The van der Waals surface area contributed by atoms with E-state index in [9.17, 15) is 23.5 Å². The summed E-state index contributed by atoms with van der Waals surface area (Å²) in [6.45, 7) is 1.95. The normalized spacial score (nSPS) is 21.8. The summed E-state index contributed by atoms with van der Waals surface area (Å²) < 4.78 is 28.3. The van der Waals surface area contributed by atoms with Crippen LogP contribution < -0.4 is 5.32 Å². The molecule has 21 heavy (non-hydrogen) atoms. The molecule has 1 fully saturated rings. The number of carboxylic acid groups (broad SMARTS) is 1. The number of amides is 2. The molecule has 8 heteroatoms. The van der Waals surface area contributed by atoms with Crippen LogP contribution in [-0.4, -0.2) is 61.3 Å².